The van der Waals surface area contributed by atoms with Crippen LogP contribution in [0.5, 0.6) is 0 Å². The predicted molar refractivity (Wildman–Crippen MR) is 93.9 cm³/mol. The number of aromatic nitrogens is 1. The van der Waals surface area contributed by atoms with Crippen LogP contribution in [-0.4, -0.2) is 23.5 Å². The van der Waals surface area contributed by atoms with Gasteiger partial charge in [-0.25, -0.2) is 4.98 Å². The normalized spacial score (nSPS) is 12.9. The van der Waals surface area contributed by atoms with E-state index >= 15 is 0 Å². The number of nitrogens with two attached hydrogens (primary N) is 1. The first-order valence-electron chi connectivity index (χ1n) is 6.76. The van der Waals surface area contributed by atoms with E-state index in [1.807, 2.05) is 25.1 Å². The highest BCUT2D eigenvalue weighted by Crippen LogP contribution is 2.27. The second-order valence-corrected chi connectivity index (χ2v) is 7.54. The van der Waals surface area contributed by atoms with Gasteiger partial charge in [0.05, 0.1) is 10.7 Å². The molecule has 0 spiro atoms. The molecule has 114 valence electrons. The Kier molecular flexibility index (Phi) is 6.20. The van der Waals surface area contributed by atoms with Gasteiger partial charge < -0.3 is 10.6 Å². The first kappa shape index (κ1) is 16.9. The zero-order chi connectivity index (χ0) is 15.4. The van der Waals surface area contributed by atoms with E-state index in [0.29, 0.717) is 0 Å². The molecule has 0 aliphatic rings. The minimum absolute atomic E-state index is 0.0507. The van der Waals surface area contributed by atoms with E-state index in [4.69, 9.17) is 17.3 Å². The van der Waals surface area contributed by atoms with Gasteiger partial charge >= 0.3 is 0 Å². The third-order valence-electron chi connectivity index (χ3n) is 3.28. The van der Waals surface area contributed by atoms with Crippen molar-refractivity contribution in [2.75, 3.05) is 13.6 Å². The van der Waals surface area contributed by atoms with Crippen LogP contribution in [0.25, 0.3) is 0 Å². The van der Waals surface area contributed by atoms with Crippen LogP contribution in [0.1, 0.15) is 28.7 Å². The van der Waals surface area contributed by atoms with Crippen LogP contribution in [0.3, 0.4) is 0 Å². The predicted octanol–water partition coefficient (Wildman–Crippen LogP) is 4.39. The van der Waals surface area contributed by atoms with Crippen LogP contribution in [0, 0.1) is 6.92 Å². The van der Waals surface area contributed by atoms with Gasteiger partial charge in [-0.2, -0.15) is 0 Å². The Bertz CT molecular complexity index is 602. The average Bonchev–Trinajstić information content (AvgIpc) is 2.81. The standard InChI is InChI=1S/C15H19BrClN3S/c1-10-19-12(9-21-10)8-20(2)6-5-15(18)13-4-3-11(16)7-14(13)17/h3-4,7,9,15H,5-6,8,18H2,1-2H3. The monoisotopic (exact) mass is 387 g/mol. The van der Waals surface area contributed by atoms with Gasteiger partial charge in [0, 0.05) is 34.0 Å². The van der Waals surface area contributed by atoms with Crippen molar-refractivity contribution in [2.24, 2.45) is 5.73 Å². The van der Waals surface area contributed by atoms with Crippen LogP contribution in [0.15, 0.2) is 28.1 Å². The molecule has 1 atom stereocenters. The van der Waals surface area contributed by atoms with Gasteiger partial charge in [-0.1, -0.05) is 33.6 Å². The van der Waals surface area contributed by atoms with Crippen molar-refractivity contribution in [1.82, 2.24) is 9.88 Å². The molecule has 1 heterocycles. The zero-order valence-corrected chi connectivity index (χ0v) is 15.3. The first-order chi connectivity index (χ1) is 9.95. The van der Waals surface area contributed by atoms with Crippen molar-refractivity contribution in [3.63, 3.8) is 0 Å². The summed E-state index contributed by atoms with van der Waals surface area (Å²) in [5.74, 6) is 0. The smallest absolute Gasteiger partial charge is 0.0897 e. The van der Waals surface area contributed by atoms with E-state index in [-0.39, 0.29) is 6.04 Å². The molecule has 21 heavy (non-hydrogen) atoms. The first-order valence-corrected chi connectivity index (χ1v) is 8.81. The van der Waals surface area contributed by atoms with Crippen molar-refractivity contribution >= 4 is 38.9 Å². The Balaban J connectivity index is 1.86. The average molecular weight is 389 g/mol. The Labute approximate surface area is 143 Å². The van der Waals surface area contributed by atoms with Crippen molar-refractivity contribution < 1.29 is 0 Å². The molecule has 2 N–H and O–H groups in total. The lowest BCUT2D eigenvalue weighted by atomic mass is 10.0. The van der Waals surface area contributed by atoms with E-state index < -0.39 is 0 Å². The quantitative estimate of drug-likeness (QED) is 0.798. The highest BCUT2D eigenvalue weighted by Gasteiger charge is 2.12. The summed E-state index contributed by atoms with van der Waals surface area (Å²) in [7, 11) is 2.09. The number of aryl methyl sites for hydroxylation is 1. The van der Waals surface area contributed by atoms with E-state index in [1.165, 1.54) is 0 Å². The van der Waals surface area contributed by atoms with Crippen molar-refractivity contribution in [2.45, 2.75) is 25.9 Å². The fourth-order valence-electron chi connectivity index (χ4n) is 2.15. The van der Waals surface area contributed by atoms with E-state index in [9.17, 15) is 0 Å². The van der Waals surface area contributed by atoms with E-state index in [1.54, 1.807) is 11.3 Å². The van der Waals surface area contributed by atoms with Crippen LogP contribution in [0.4, 0.5) is 0 Å². The fourth-order valence-corrected chi connectivity index (χ4v) is 3.57. The topological polar surface area (TPSA) is 42.2 Å². The number of halogens is 2. The van der Waals surface area contributed by atoms with Gasteiger partial charge in [0.2, 0.25) is 0 Å². The lowest BCUT2D eigenvalue weighted by Gasteiger charge is -2.19. The maximum atomic E-state index is 6.25. The summed E-state index contributed by atoms with van der Waals surface area (Å²) >= 11 is 11.3. The summed E-state index contributed by atoms with van der Waals surface area (Å²) in [6, 6.07) is 5.80. The van der Waals surface area contributed by atoms with Gasteiger partial charge in [0.15, 0.2) is 0 Å². The highest BCUT2D eigenvalue weighted by atomic mass is 79.9. The molecule has 0 amide bonds. The van der Waals surface area contributed by atoms with Gasteiger partial charge in [-0.3, -0.25) is 0 Å². The molecule has 0 radical (unpaired) electrons. The molecule has 2 rings (SSSR count). The third-order valence-corrected chi connectivity index (χ3v) is 4.93. The van der Waals surface area contributed by atoms with Crippen LogP contribution in [-0.2, 0) is 6.54 Å². The molecule has 1 aromatic heterocycles. The summed E-state index contributed by atoms with van der Waals surface area (Å²) in [5, 5.41) is 3.93. The number of hydrogen-bond acceptors (Lipinski definition) is 4. The minimum Gasteiger partial charge on any atom is -0.324 e. The van der Waals surface area contributed by atoms with Gasteiger partial charge in [0.1, 0.15) is 0 Å². The van der Waals surface area contributed by atoms with Gasteiger partial charge in [-0.15, -0.1) is 11.3 Å². The number of thiazole rings is 1. The molecule has 2 aromatic rings. The number of rotatable bonds is 6. The summed E-state index contributed by atoms with van der Waals surface area (Å²) in [6.07, 6.45) is 0.862. The fraction of sp³-hybridized carbons (Fsp3) is 0.400. The zero-order valence-electron chi connectivity index (χ0n) is 12.1. The molecule has 0 fully saturated rings. The van der Waals surface area contributed by atoms with Gasteiger partial charge in [0.25, 0.3) is 0 Å². The summed E-state index contributed by atoms with van der Waals surface area (Å²) < 4.78 is 0.972. The van der Waals surface area contributed by atoms with E-state index in [0.717, 1.165) is 45.3 Å². The third kappa shape index (κ3) is 5.04. The second kappa shape index (κ2) is 7.70. The molecule has 0 bridgehead atoms. The second-order valence-electron chi connectivity index (χ2n) is 5.16. The SMILES string of the molecule is Cc1nc(CN(C)CCC(N)c2ccc(Br)cc2Cl)cs1. The molecule has 1 unspecified atom stereocenters. The molecule has 3 nitrogen and oxygen atoms in total. The maximum Gasteiger partial charge on any atom is 0.0897 e. The molecule has 0 saturated heterocycles. The molecule has 1 aromatic carbocycles. The summed E-state index contributed by atoms with van der Waals surface area (Å²) in [6.45, 7) is 3.79. The molecule has 0 aliphatic heterocycles. The molecule has 0 aliphatic carbocycles. The highest BCUT2D eigenvalue weighted by molar-refractivity contribution is 9.10. The molecule has 0 saturated carbocycles. The summed E-state index contributed by atoms with van der Waals surface area (Å²) in [5.41, 5.74) is 8.37. The van der Waals surface area contributed by atoms with Crippen molar-refractivity contribution in [3.8, 4) is 0 Å². The minimum atomic E-state index is -0.0507. The van der Waals surface area contributed by atoms with Crippen LogP contribution >= 0.6 is 38.9 Å². The lowest BCUT2D eigenvalue weighted by molar-refractivity contribution is 0.308. The van der Waals surface area contributed by atoms with Gasteiger partial charge in [-0.05, 0) is 38.1 Å². The number of hydrogen-bond donors (Lipinski definition) is 1. The Morgan fingerprint density at radius 1 is 1.48 bits per heavy atom. The molecule has 6 heteroatoms. The summed E-state index contributed by atoms with van der Waals surface area (Å²) in [4.78, 5) is 6.72. The molecular weight excluding hydrogens is 370 g/mol. The van der Waals surface area contributed by atoms with Crippen LogP contribution < -0.4 is 5.73 Å². The largest absolute Gasteiger partial charge is 0.324 e. The number of nitrogens with zero attached hydrogens (tertiary/aromatic N) is 2. The van der Waals surface area contributed by atoms with Crippen molar-refractivity contribution in [3.05, 3.63) is 49.3 Å². The number of benzene rings is 1. The Morgan fingerprint density at radius 2 is 2.24 bits per heavy atom. The molecular formula is C15H19BrClN3S. The lowest BCUT2D eigenvalue weighted by Crippen LogP contribution is -2.23. The Hall–Kier alpha value is -0.460. The van der Waals surface area contributed by atoms with Crippen LogP contribution in [0.2, 0.25) is 5.02 Å². The van der Waals surface area contributed by atoms with E-state index in [2.05, 4.69) is 38.2 Å². The Morgan fingerprint density at radius 3 is 2.86 bits per heavy atom. The maximum absolute atomic E-state index is 6.25. The van der Waals surface area contributed by atoms with Crippen molar-refractivity contribution in [1.29, 1.82) is 0 Å².